The summed E-state index contributed by atoms with van der Waals surface area (Å²) < 4.78 is 7.25. The first-order chi connectivity index (χ1) is 17.9. The first-order valence-electron chi connectivity index (χ1n) is 12.8. The van der Waals surface area contributed by atoms with Gasteiger partial charge in [0.1, 0.15) is 18.0 Å². The largest absolute Gasteiger partial charge is 0.383 e. The van der Waals surface area contributed by atoms with E-state index in [4.69, 9.17) is 9.72 Å². The number of hydrogen-bond acceptors (Lipinski definition) is 7. The first kappa shape index (κ1) is 24.9. The number of aliphatic hydroxyl groups excluding tert-OH is 1. The average molecular weight is 501 g/mol. The highest BCUT2D eigenvalue weighted by Gasteiger charge is 2.25. The Morgan fingerprint density at radius 1 is 1.24 bits per heavy atom. The van der Waals surface area contributed by atoms with Gasteiger partial charge in [0.2, 0.25) is 5.91 Å². The molecule has 2 aliphatic rings. The quantitative estimate of drug-likeness (QED) is 0.534. The molecular formula is C28H32N6O3. The molecule has 0 radical (unpaired) electrons. The van der Waals surface area contributed by atoms with Crippen molar-refractivity contribution in [2.45, 2.75) is 45.3 Å². The SMILES string of the molecule is CC(C)[C@@H](O)C(=O)NC1CCN(c2ccc(-c3cc(C4=CCOCC4)cn4ncc(C#N)c34)cn2)CC1. The van der Waals surface area contributed by atoms with E-state index >= 15 is 0 Å². The van der Waals surface area contributed by atoms with Crippen LogP contribution in [0, 0.1) is 17.2 Å². The molecule has 1 fully saturated rings. The van der Waals surface area contributed by atoms with E-state index in [2.05, 4.69) is 33.5 Å². The van der Waals surface area contributed by atoms with Gasteiger partial charge in [0.25, 0.3) is 0 Å². The molecule has 5 rings (SSSR count). The molecular weight excluding hydrogens is 468 g/mol. The third-order valence-electron chi connectivity index (χ3n) is 7.19. The summed E-state index contributed by atoms with van der Waals surface area (Å²) in [5, 5.41) is 27.1. The fraction of sp³-hybridized carbons (Fsp3) is 0.429. The summed E-state index contributed by atoms with van der Waals surface area (Å²) in [6.07, 6.45) is 8.98. The van der Waals surface area contributed by atoms with E-state index in [1.54, 1.807) is 10.7 Å². The van der Waals surface area contributed by atoms with E-state index in [0.29, 0.717) is 18.8 Å². The zero-order chi connectivity index (χ0) is 25.9. The van der Waals surface area contributed by atoms with Crippen LogP contribution in [0.25, 0.3) is 22.2 Å². The maximum absolute atomic E-state index is 12.2. The fourth-order valence-electron chi connectivity index (χ4n) is 4.96. The molecule has 1 atom stereocenters. The molecule has 0 spiro atoms. The van der Waals surface area contributed by atoms with Crippen molar-refractivity contribution in [2.24, 2.45) is 5.92 Å². The molecule has 1 saturated heterocycles. The summed E-state index contributed by atoms with van der Waals surface area (Å²) in [6.45, 7) is 6.49. The van der Waals surface area contributed by atoms with Crippen LogP contribution >= 0.6 is 0 Å². The van der Waals surface area contributed by atoms with Gasteiger partial charge in [0.15, 0.2) is 0 Å². The molecule has 3 aromatic heterocycles. The summed E-state index contributed by atoms with van der Waals surface area (Å²) in [5.74, 6) is 0.478. The number of aliphatic hydroxyl groups is 1. The molecule has 0 aliphatic carbocycles. The Bertz CT molecular complexity index is 1350. The summed E-state index contributed by atoms with van der Waals surface area (Å²) in [6, 6.07) is 8.48. The smallest absolute Gasteiger partial charge is 0.249 e. The van der Waals surface area contributed by atoms with Gasteiger partial charge >= 0.3 is 0 Å². The molecule has 0 unspecified atom stereocenters. The van der Waals surface area contributed by atoms with Gasteiger partial charge in [-0.25, -0.2) is 9.50 Å². The van der Waals surface area contributed by atoms with Crippen molar-refractivity contribution < 1.29 is 14.6 Å². The number of piperidine rings is 1. The number of hydrogen-bond donors (Lipinski definition) is 2. The Morgan fingerprint density at radius 3 is 2.70 bits per heavy atom. The Balaban J connectivity index is 1.34. The van der Waals surface area contributed by atoms with Crippen molar-refractivity contribution in [2.75, 3.05) is 31.2 Å². The molecule has 5 heterocycles. The normalized spacial score (nSPS) is 17.5. The molecule has 0 bridgehead atoms. The van der Waals surface area contributed by atoms with Gasteiger partial charge < -0.3 is 20.1 Å². The number of ether oxygens (including phenoxy) is 1. The van der Waals surface area contributed by atoms with Crippen molar-refractivity contribution >= 4 is 22.8 Å². The van der Waals surface area contributed by atoms with E-state index in [-0.39, 0.29) is 17.9 Å². The minimum Gasteiger partial charge on any atom is -0.383 e. The van der Waals surface area contributed by atoms with Crippen LogP contribution in [0.5, 0.6) is 0 Å². The number of rotatable bonds is 6. The molecule has 2 N–H and O–H groups in total. The van der Waals surface area contributed by atoms with E-state index in [1.807, 2.05) is 38.4 Å². The van der Waals surface area contributed by atoms with Crippen LogP contribution in [-0.2, 0) is 9.53 Å². The van der Waals surface area contributed by atoms with Crippen molar-refractivity contribution in [3.63, 3.8) is 0 Å². The van der Waals surface area contributed by atoms with Crippen molar-refractivity contribution in [1.29, 1.82) is 5.26 Å². The zero-order valence-electron chi connectivity index (χ0n) is 21.2. The molecule has 9 nitrogen and oxygen atoms in total. The van der Waals surface area contributed by atoms with Gasteiger partial charge in [0.05, 0.1) is 30.5 Å². The lowest BCUT2D eigenvalue weighted by atomic mass is 9.97. The lowest BCUT2D eigenvalue weighted by molar-refractivity contribution is -0.132. The number of carbonyl (C=O) groups is 1. The lowest BCUT2D eigenvalue weighted by Gasteiger charge is -2.33. The number of nitrogens with zero attached hydrogens (tertiary/aromatic N) is 5. The summed E-state index contributed by atoms with van der Waals surface area (Å²) in [4.78, 5) is 19.2. The third-order valence-corrected chi connectivity index (χ3v) is 7.19. The van der Waals surface area contributed by atoms with E-state index in [9.17, 15) is 15.2 Å². The second-order valence-corrected chi connectivity index (χ2v) is 10.0. The highest BCUT2D eigenvalue weighted by atomic mass is 16.5. The van der Waals surface area contributed by atoms with Gasteiger partial charge in [-0.15, -0.1) is 0 Å². The molecule has 192 valence electrons. The van der Waals surface area contributed by atoms with E-state index in [0.717, 1.165) is 60.4 Å². The Morgan fingerprint density at radius 2 is 2.05 bits per heavy atom. The predicted molar refractivity (Wildman–Crippen MR) is 141 cm³/mol. The van der Waals surface area contributed by atoms with Crippen LogP contribution in [-0.4, -0.2) is 64.1 Å². The molecule has 0 saturated carbocycles. The number of nitriles is 1. The highest BCUT2D eigenvalue weighted by Crippen LogP contribution is 2.32. The number of amides is 1. The summed E-state index contributed by atoms with van der Waals surface area (Å²) in [5.41, 5.74) is 5.41. The van der Waals surface area contributed by atoms with Gasteiger partial charge in [-0.1, -0.05) is 19.9 Å². The van der Waals surface area contributed by atoms with Crippen molar-refractivity contribution in [3.05, 3.63) is 54.0 Å². The third kappa shape index (κ3) is 5.22. The fourth-order valence-corrected chi connectivity index (χ4v) is 4.96. The standard InChI is InChI=1S/C28H32N6O3/c1-18(2)27(35)28(36)32-23-5-9-33(10-6-23)25-4-3-20(15-30-25)24-13-21(19-7-11-37-12-8-19)17-34-26(24)22(14-29)16-31-34/h3-4,7,13,15-18,23,27,35H,5-6,8-12H2,1-2H3,(H,32,36)/t27-/m1/s1. The number of anilines is 1. The minimum absolute atomic E-state index is 0.0539. The highest BCUT2D eigenvalue weighted by molar-refractivity contribution is 5.87. The zero-order valence-corrected chi connectivity index (χ0v) is 21.2. The first-order valence-corrected chi connectivity index (χ1v) is 12.8. The molecule has 9 heteroatoms. The minimum atomic E-state index is -0.975. The number of nitrogens with one attached hydrogen (secondary N) is 1. The average Bonchev–Trinajstić information content (AvgIpc) is 3.36. The van der Waals surface area contributed by atoms with Gasteiger partial charge in [-0.3, -0.25) is 4.79 Å². The van der Waals surface area contributed by atoms with E-state index < -0.39 is 6.10 Å². The molecule has 37 heavy (non-hydrogen) atoms. The lowest BCUT2D eigenvalue weighted by Crippen LogP contribution is -2.48. The number of aromatic nitrogens is 3. The van der Waals surface area contributed by atoms with Crippen LogP contribution in [0.1, 0.15) is 44.2 Å². The molecule has 0 aromatic carbocycles. The topological polar surface area (TPSA) is 116 Å². The maximum Gasteiger partial charge on any atom is 0.249 e. The summed E-state index contributed by atoms with van der Waals surface area (Å²) in [7, 11) is 0. The van der Waals surface area contributed by atoms with Crippen LogP contribution in [0.3, 0.4) is 0 Å². The van der Waals surface area contributed by atoms with Gasteiger partial charge in [0, 0.05) is 42.7 Å². The van der Waals surface area contributed by atoms with Crippen LogP contribution in [0.15, 0.2) is 42.9 Å². The number of pyridine rings is 2. The second kappa shape index (κ2) is 10.7. The van der Waals surface area contributed by atoms with Gasteiger partial charge in [-0.2, -0.15) is 10.4 Å². The number of carbonyl (C=O) groups excluding carboxylic acids is 1. The molecule has 3 aromatic rings. The van der Waals surface area contributed by atoms with Crippen LogP contribution in [0.2, 0.25) is 0 Å². The molecule has 2 aliphatic heterocycles. The van der Waals surface area contributed by atoms with Crippen molar-refractivity contribution in [1.82, 2.24) is 19.9 Å². The second-order valence-electron chi connectivity index (χ2n) is 10.0. The Labute approximate surface area is 216 Å². The van der Waals surface area contributed by atoms with E-state index in [1.165, 1.54) is 5.57 Å². The summed E-state index contributed by atoms with van der Waals surface area (Å²) >= 11 is 0. The Hall–Kier alpha value is -3.74. The van der Waals surface area contributed by atoms with Crippen LogP contribution < -0.4 is 10.2 Å². The monoisotopic (exact) mass is 500 g/mol. The number of fused-ring (bicyclic) bond motifs is 1. The predicted octanol–water partition coefficient (Wildman–Crippen LogP) is 3.17. The Kier molecular flexibility index (Phi) is 7.22. The maximum atomic E-state index is 12.2. The van der Waals surface area contributed by atoms with Crippen molar-refractivity contribution in [3.8, 4) is 17.2 Å². The molecule has 1 amide bonds. The van der Waals surface area contributed by atoms with Gasteiger partial charge in [-0.05, 0) is 54.5 Å². The van der Waals surface area contributed by atoms with Crippen LogP contribution in [0.4, 0.5) is 5.82 Å².